The molecule has 0 amide bonds. The molecule has 0 aliphatic carbocycles. The van der Waals surface area contributed by atoms with Gasteiger partial charge in [0.2, 0.25) is 12.2 Å². The van der Waals surface area contributed by atoms with Gasteiger partial charge in [-0.05, 0) is 59.7 Å². The minimum Gasteiger partial charge on any atom is -0.463 e. The Bertz CT molecular complexity index is 1380. The van der Waals surface area contributed by atoms with Crippen LogP contribution in [-0.4, -0.2) is 49.3 Å². The SMILES string of the molecule is CCOC(=O)[C@H](OC(=O)c1ccc2ccccc2c1)[C@@H](OC(=O)c1ccc2ccccc2c1)C(=O)OCC. The summed E-state index contributed by atoms with van der Waals surface area (Å²) in [7, 11) is 0. The highest BCUT2D eigenvalue weighted by atomic mass is 16.6. The molecule has 8 nitrogen and oxygen atoms in total. The van der Waals surface area contributed by atoms with Crippen LogP contribution in [0.4, 0.5) is 0 Å². The lowest BCUT2D eigenvalue weighted by molar-refractivity contribution is -0.173. The van der Waals surface area contributed by atoms with Crippen molar-refractivity contribution in [3.05, 3.63) is 96.1 Å². The van der Waals surface area contributed by atoms with Gasteiger partial charge in [0.15, 0.2) is 0 Å². The van der Waals surface area contributed by atoms with Crippen molar-refractivity contribution in [3.63, 3.8) is 0 Å². The van der Waals surface area contributed by atoms with E-state index in [1.54, 1.807) is 38.1 Å². The Morgan fingerprint density at radius 1 is 0.553 bits per heavy atom. The monoisotopic (exact) mass is 514 g/mol. The van der Waals surface area contributed by atoms with Crippen LogP contribution in [-0.2, 0) is 28.5 Å². The molecule has 0 saturated carbocycles. The Labute approximate surface area is 219 Å². The first kappa shape index (κ1) is 26.3. The van der Waals surface area contributed by atoms with E-state index >= 15 is 0 Å². The molecule has 4 aromatic carbocycles. The van der Waals surface area contributed by atoms with Gasteiger partial charge in [0.1, 0.15) is 0 Å². The highest BCUT2D eigenvalue weighted by Crippen LogP contribution is 2.21. The average molecular weight is 515 g/mol. The predicted octanol–water partition coefficient (Wildman–Crippen LogP) is 4.87. The molecule has 194 valence electrons. The average Bonchev–Trinajstić information content (AvgIpc) is 2.94. The zero-order chi connectivity index (χ0) is 27.1. The van der Waals surface area contributed by atoms with Gasteiger partial charge in [-0.15, -0.1) is 0 Å². The van der Waals surface area contributed by atoms with Crippen molar-refractivity contribution in [3.8, 4) is 0 Å². The van der Waals surface area contributed by atoms with Crippen LogP contribution >= 0.6 is 0 Å². The maximum Gasteiger partial charge on any atom is 0.352 e. The number of fused-ring (bicyclic) bond motifs is 2. The molecule has 0 fully saturated rings. The van der Waals surface area contributed by atoms with Crippen LogP contribution < -0.4 is 0 Å². The third kappa shape index (κ3) is 5.98. The fourth-order valence-electron chi connectivity index (χ4n) is 3.92. The molecule has 0 N–H and O–H groups in total. The molecule has 0 spiro atoms. The van der Waals surface area contributed by atoms with E-state index in [2.05, 4.69) is 0 Å². The van der Waals surface area contributed by atoms with Crippen molar-refractivity contribution in [2.45, 2.75) is 26.1 Å². The lowest BCUT2D eigenvalue weighted by Crippen LogP contribution is -2.47. The summed E-state index contributed by atoms with van der Waals surface area (Å²) in [4.78, 5) is 51.9. The Morgan fingerprint density at radius 3 is 1.29 bits per heavy atom. The molecule has 0 aromatic heterocycles. The highest BCUT2D eigenvalue weighted by molar-refractivity contribution is 5.99. The lowest BCUT2D eigenvalue weighted by Gasteiger charge is -2.24. The van der Waals surface area contributed by atoms with Gasteiger partial charge in [0, 0.05) is 0 Å². The number of hydrogen-bond acceptors (Lipinski definition) is 8. The number of carbonyl (C=O) groups is 4. The molecule has 4 aromatic rings. The maximum atomic E-state index is 13.1. The molecule has 0 radical (unpaired) electrons. The van der Waals surface area contributed by atoms with Gasteiger partial charge in [0.05, 0.1) is 24.3 Å². The summed E-state index contributed by atoms with van der Waals surface area (Å²) >= 11 is 0. The molecule has 8 heteroatoms. The number of carbonyl (C=O) groups excluding carboxylic acids is 4. The second-order valence-corrected chi connectivity index (χ2v) is 8.28. The molecule has 0 bridgehead atoms. The first-order valence-electron chi connectivity index (χ1n) is 12.1. The lowest BCUT2D eigenvalue weighted by atomic mass is 10.1. The van der Waals surface area contributed by atoms with Crippen molar-refractivity contribution < 1.29 is 38.1 Å². The van der Waals surface area contributed by atoms with Crippen molar-refractivity contribution in [1.82, 2.24) is 0 Å². The van der Waals surface area contributed by atoms with Crippen LogP contribution in [0.3, 0.4) is 0 Å². The van der Waals surface area contributed by atoms with Crippen LogP contribution in [0.1, 0.15) is 34.6 Å². The van der Waals surface area contributed by atoms with Gasteiger partial charge < -0.3 is 18.9 Å². The van der Waals surface area contributed by atoms with Crippen LogP contribution in [0, 0.1) is 0 Å². The zero-order valence-electron chi connectivity index (χ0n) is 20.9. The number of hydrogen-bond donors (Lipinski definition) is 0. The predicted molar refractivity (Wildman–Crippen MR) is 140 cm³/mol. The van der Waals surface area contributed by atoms with E-state index in [1.807, 2.05) is 48.5 Å². The first-order valence-corrected chi connectivity index (χ1v) is 12.1. The summed E-state index contributed by atoms with van der Waals surface area (Å²) < 4.78 is 21.0. The fourth-order valence-corrected chi connectivity index (χ4v) is 3.92. The molecule has 0 aliphatic heterocycles. The Kier molecular flexibility index (Phi) is 8.33. The molecule has 0 heterocycles. The van der Waals surface area contributed by atoms with E-state index in [9.17, 15) is 19.2 Å². The van der Waals surface area contributed by atoms with Gasteiger partial charge >= 0.3 is 23.9 Å². The topological polar surface area (TPSA) is 105 Å². The second-order valence-electron chi connectivity index (χ2n) is 8.28. The summed E-state index contributed by atoms with van der Waals surface area (Å²) in [5.41, 5.74) is 0.280. The molecule has 4 rings (SSSR count). The van der Waals surface area contributed by atoms with E-state index in [0.717, 1.165) is 21.5 Å². The van der Waals surface area contributed by atoms with E-state index in [-0.39, 0.29) is 24.3 Å². The van der Waals surface area contributed by atoms with Gasteiger partial charge in [-0.1, -0.05) is 60.7 Å². The maximum absolute atomic E-state index is 13.1. The van der Waals surface area contributed by atoms with Crippen molar-refractivity contribution in [2.75, 3.05) is 13.2 Å². The third-order valence-electron chi connectivity index (χ3n) is 5.75. The van der Waals surface area contributed by atoms with Gasteiger partial charge in [-0.25, -0.2) is 19.2 Å². The standard InChI is InChI=1S/C30H26O8/c1-3-35-29(33)25(37-27(31)23-15-13-19-9-5-7-11-21(19)17-23)26(30(34)36-4-2)38-28(32)24-16-14-20-10-6-8-12-22(20)18-24/h5-18,25-26H,3-4H2,1-2H3/t25-,26-/m1/s1. The van der Waals surface area contributed by atoms with Gasteiger partial charge in [-0.2, -0.15) is 0 Å². The van der Waals surface area contributed by atoms with Gasteiger partial charge in [0.25, 0.3) is 0 Å². The Hall–Kier alpha value is -4.72. The first-order chi connectivity index (χ1) is 18.4. The van der Waals surface area contributed by atoms with Crippen molar-refractivity contribution >= 4 is 45.4 Å². The van der Waals surface area contributed by atoms with Gasteiger partial charge in [-0.3, -0.25) is 0 Å². The minimum atomic E-state index is -1.89. The number of esters is 4. The largest absolute Gasteiger partial charge is 0.463 e. The second kappa shape index (κ2) is 12.0. The molecule has 0 unspecified atom stereocenters. The summed E-state index contributed by atoms with van der Waals surface area (Å²) in [6.07, 6.45) is -3.78. The smallest absolute Gasteiger partial charge is 0.352 e. The van der Waals surface area contributed by atoms with Crippen LogP contribution in [0.5, 0.6) is 0 Å². The quantitative estimate of drug-likeness (QED) is 0.230. The number of benzene rings is 4. The summed E-state index contributed by atoms with van der Waals surface area (Å²) in [5.74, 6) is -3.90. The third-order valence-corrected chi connectivity index (χ3v) is 5.75. The van der Waals surface area contributed by atoms with Crippen LogP contribution in [0.25, 0.3) is 21.5 Å². The summed E-state index contributed by atoms with van der Waals surface area (Å²) in [6.45, 7) is 3.00. The Balaban J connectivity index is 1.64. The molecule has 38 heavy (non-hydrogen) atoms. The highest BCUT2D eigenvalue weighted by Gasteiger charge is 2.43. The normalized spacial score (nSPS) is 12.4. The van der Waals surface area contributed by atoms with E-state index in [1.165, 1.54) is 12.1 Å². The van der Waals surface area contributed by atoms with Crippen LogP contribution in [0.2, 0.25) is 0 Å². The van der Waals surface area contributed by atoms with Crippen molar-refractivity contribution in [1.29, 1.82) is 0 Å². The van der Waals surface area contributed by atoms with Crippen molar-refractivity contribution in [2.24, 2.45) is 0 Å². The van der Waals surface area contributed by atoms with E-state index in [4.69, 9.17) is 18.9 Å². The summed E-state index contributed by atoms with van der Waals surface area (Å²) in [6, 6.07) is 24.5. The number of ether oxygens (including phenoxy) is 4. The molecular weight excluding hydrogens is 488 g/mol. The minimum absolute atomic E-state index is 0.0585. The van der Waals surface area contributed by atoms with Crippen LogP contribution in [0.15, 0.2) is 84.9 Å². The Morgan fingerprint density at radius 2 is 0.921 bits per heavy atom. The zero-order valence-corrected chi connectivity index (χ0v) is 20.9. The fraction of sp³-hybridized carbons (Fsp3) is 0.200. The number of rotatable bonds is 9. The molecule has 2 atom stereocenters. The summed E-state index contributed by atoms with van der Waals surface area (Å²) in [5, 5.41) is 3.36. The molecular formula is C30H26O8. The molecule has 0 aliphatic rings. The van der Waals surface area contributed by atoms with E-state index in [0.29, 0.717) is 0 Å². The molecule has 0 saturated heterocycles. The van der Waals surface area contributed by atoms with E-state index < -0.39 is 36.1 Å².